The van der Waals surface area contributed by atoms with E-state index in [0.29, 0.717) is 17.3 Å². The van der Waals surface area contributed by atoms with Crippen molar-refractivity contribution in [2.75, 3.05) is 0 Å². The summed E-state index contributed by atoms with van der Waals surface area (Å²) in [6.07, 6.45) is 8.36. The molecule has 0 N–H and O–H groups in total. The van der Waals surface area contributed by atoms with Gasteiger partial charge < -0.3 is 0 Å². The van der Waals surface area contributed by atoms with E-state index in [4.69, 9.17) is 0 Å². The van der Waals surface area contributed by atoms with E-state index in [0.717, 1.165) is 49.4 Å². The highest BCUT2D eigenvalue weighted by atomic mass is 19.4. The Morgan fingerprint density at radius 3 is 2.50 bits per heavy atom. The van der Waals surface area contributed by atoms with Gasteiger partial charge in [-0.15, -0.1) is 0 Å². The number of halogens is 3. The Bertz CT molecular complexity index is 879. The number of Topliss-reactive ketones (excluding diaryl/α,β-unsaturated/α-hetero) is 1. The van der Waals surface area contributed by atoms with Crippen LogP contribution in [0.4, 0.5) is 13.2 Å². The van der Waals surface area contributed by atoms with E-state index < -0.39 is 11.7 Å². The van der Waals surface area contributed by atoms with Crippen molar-refractivity contribution in [3.8, 4) is 0 Å². The first kappa shape index (κ1) is 22.5. The first-order chi connectivity index (χ1) is 15.0. The molecule has 4 aliphatic carbocycles. The maximum Gasteiger partial charge on any atom is 0.419 e. The molecule has 8 atom stereocenters. The average molecular weight is 451 g/mol. The number of rotatable bonds is 3. The number of aromatic nitrogens is 2. The van der Waals surface area contributed by atoms with Crippen LogP contribution in [0, 0.1) is 46.3 Å². The summed E-state index contributed by atoms with van der Waals surface area (Å²) in [7, 11) is 0. The fourth-order valence-corrected chi connectivity index (χ4v) is 8.87. The van der Waals surface area contributed by atoms with E-state index in [1.165, 1.54) is 43.2 Å². The van der Waals surface area contributed by atoms with Gasteiger partial charge in [-0.3, -0.25) is 9.48 Å². The average Bonchev–Trinajstić information content (AvgIpc) is 3.32. The van der Waals surface area contributed by atoms with Gasteiger partial charge in [0, 0.05) is 12.1 Å². The van der Waals surface area contributed by atoms with Gasteiger partial charge in [-0.2, -0.15) is 18.3 Å². The standard InChI is InChI=1S/C26H37F3N2O/c1-16-8-10-24(2)17(12-16)4-5-19-20-6-7-22(25(20,3)11-9-21(19)24)23(32)15-31-14-18(13-30-31)26(27,28)29/h13-14,16-17,19-22H,4-12,15H2,1-3H3/t16-,17?,19?,20?,21?,22?,24-,25?/m0/s1. The molecule has 6 heteroatoms. The van der Waals surface area contributed by atoms with Crippen LogP contribution in [0.3, 0.4) is 0 Å². The molecule has 5 rings (SSSR count). The van der Waals surface area contributed by atoms with Crippen LogP contribution in [-0.2, 0) is 17.5 Å². The van der Waals surface area contributed by atoms with Crippen molar-refractivity contribution < 1.29 is 18.0 Å². The molecule has 1 heterocycles. The Morgan fingerprint density at radius 1 is 1.06 bits per heavy atom. The molecule has 0 amide bonds. The highest BCUT2D eigenvalue weighted by molar-refractivity contribution is 5.82. The number of hydrogen-bond donors (Lipinski definition) is 0. The number of carbonyl (C=O) groups is 1. The summed E-state index contributed by atoms with van der Waals surface area (Å²) in [6.45, 7) is 7.24. The number of carbonyl (C=O) groups excluding carboxylic acids is 1. The van der Waals surface area contributed by atoms with Crippen LogP contribution < -0.4 is 0 Å². The van der Waals surface area contributed by atoms with Gasteiger partial charge in [0.2, 0.25) is 0 Å². The third kappa shape index (κ3) is 3.46. The molecule has 178 valence electrons. The van der Waals surface area contributed by atoms with Crippen molar-refractivity contribution in [2.24, 2.45) is 46.3 Å². The topological polar surface area (TPSA) is 34.9 Å². The minimum Gasteiger partial charge on any atom is -0.297 e. The summed E-state index contributed by atoms with van der Waals surface area (Å²) in [5.74, 6) is 3.80. The van der Waals surface area contributed by atoms with Gasteiger partial charge in [-0.05, 0) is 91.8 Å². The Labute approximate surface area is 189 Å². The molecule has 0 aliphatic heterocycles. The zero-order valence-electron chi connectivity index (χ0n) is 19.6. The minimum atomic E-state index is -4.42. The molecule has 0 aromatic carbocycles. The Balaban J connectivity index is 1.32. The van der Waals surface area contributed by atoms with Crippen molar-refractivity contribution in [3.05, 3.63) is 18.0 Å². The summed E-state index contributed by atoms with van der Waals surface area (Å²) in [6, 6.07) is 0. The molecular formula is C26H37F3N2O. The molecule has 0 saturated heterocycles. The van der Waals surface area contributed by atoms with E-state index in [9.17, 15) is 18.0 Å². The van der Waals surface area contributed by atoms with E-state index in [1.54, 1.807) is 0 Å². The van der Waals surface area contributed by atoms with Gasteiger partial charge in [0.05, 0.1) is 18.3 Å². The second-order valence-corrected chi connectivity index (χ2v) is 12.1. The smallest absolute Gasteiger partial charge is 0.297 e. The Morgan fingerprint density at radius 2 is 1.78 bits per heavy atom. The zero-order chi connectivity index (χ0) is 22.9. The van der Waals surface area contributed by atoms with E-state index in [1.807, 2.05) is 0 Å². The summed E-state index contributed by atoms with van der Waals surface area (Å²) < 4.78 is 39.9. The van der Waals surface area contributed by atoms with Crippen LogP contribution in [-0.4, -0.2) is 15.6 Å². The van der Waals surface area contributed by atoms with Crippen LogP contribution in [0.1, 0.15) is 84.1 Å². The van der Waals surface area contributed by atoms with Crippen molar-refractivity contribution in [3.63, 3.8) is 0 Å². The molecule has 32 heavy (non-hydrogen) atoms. The van der Waals surface area contributed by atoms with Gasteiger partial charge >= 0.3 is 6.18 Å². The van der Waals surface area contributed by atoms with Gasteiger partial charge in [-0.25, -0.2) is 0 Å². The lowest BCUT2D eigenvalue weighted by Crippen LogP contribution is -2.53. The van der Waals surface area contributed by atoms with Crippen LogP contribution >= 0.6 is 0 Å². The molecule has 4 saturated carbocycles. The molecule has 0 bridgehead atoms. The Kier molecular flexibility index (Phi) is 5.33. The summed E-state index contributed by atoms with van der Waals surface area (Å²) >= 11 is 0. The highest BCUT2D eigenvalue weighted by Crippen LogP contribution is 2.67. The number of fused-ring (bicyclic) bond motifs is 5. The molecule has 0 spiro atoms. The van der Waals surface area contributed by atoms with Crippen molar-refractivity contribution in [1.29, 1.82) is 0 Å². The van der Waals surface area contributed by atoms with Crippen LogP contribution in [0.15, 0.2) is 12.4 Å². The maximum atomic E-state index is 13.3. The zero-order valence-corrected chi connectivity index (χ0v) is 19.6. The maximum absolute atomic E-state index is 13.3. The third-order valence-electron chi connectivity index (χ3n) is 10.6. The quantitative estimate of drug-likeness (QED) is 0.510. The molecule has 4 fully saturated rings. The predicted molar refractivity (Wildman–Crippen MR) is 117 cm³/mol. The molecule has 3 nitrogen and oxygen atoms in total. The van der Waals surface area contributed by atoms with Gasteiger partial charge in [0.1, 0.15) is 0 Å². The van der Waals surface area contributed by atoms with E-state index >= 15 is 0 Å². The number of alkyl halides is 3. The molecule has 1 aromatic heterocycles. The first-order valence-corrected chi connectivity index (χ1v) is 12.6. The van der Waals surface area contributed by atoms with Gasteiger partial charge in [0.25, 0.3) is 0 Å². The largest absolute Gasteiger partial charge is 0.419 e. The normalized spacial score (nSPS) is 43.9. The molecule has 6 unspecified atom stereocenters. The summed E-state index contributed by atoms with van der Waals surface area (Å²) in [5, 5.41) is 3.82. The Hall–Kier alpha value is -1.33. The predicted octanol–water partition coefficient (Wildman–Crippen LogP) is 6.77. The van der Waals surface area contributed by atoms with Crippen LogP contribution in [0.25, 0.3) is 0 Å². The SMILES string of the molecule is C[C@H]1CC[C@@]2(C)C(CCC3C4CCC(C(=O)Cn5cc(C(F)(F)F)cn5)C4(C)CCC32)C1. The highest BCUT2D eigenvalue weighted by Gasteiger charge is 2.60. The lowest BCUT2D eigenvalue weighted by molar-refractivity contribution is -0.139. The lowest BCUT2D eigenvalue weighted by atomic mass is 9.44. The lowest BCUT2D eigenvalue weighted by Gasteiger charge is -2.61. The second-order valence-electron chi connectivity index (χ2n) is 12.1. The summed E-state index contributed by atoms with van der Waals surface area (Å²) in [4.78, 5) is 13.3. The summed E-state index contributed by atoms with van der Waals surface area (Å²) in [5.41, 5.74) is -0.334. The van der Waals surface area contributed by atoms with E-state index in [2.05, 4.69) is 25.9 Å². The molecule has 1 aromatic rings. The fraction of sp³-hybridized carbons (Fsp3) is 0.846. The monoisotopic (exact) mass is 450 g/mol. The second kappa shape index (κ2) is 7.59. The molecule has 4 aliphatic rings. The molecular weight excluding hydrogens is 413 g/mol. The number of hydrogen-bond acceptors (Lipinski definition) is 2. The van der Waals surface area contributed by atoms with Crippen LogP contribution in [0.2, 0.25) is 0 Å². The number of ketones is 1. The van der Waals surface area contributed by atoms with E-state index in [-0.39, 0.29) is 23.7 Å². The van der Waals surface area contributed by atoms with Crippen molar-refractivity contribution in [1.82, 2.24) is 9.78 Å². The van der Waals surface area contributed by atoms with Gasteiger partial charge in [-0.1, -0.05) is 27.2 Å². The fourth-order valence-electron chi connectivity index (χ4n) is 8.87. The molecule has 0 radical (unpaired) electrons. The van der Waals surface area contributed by atoms with Crippen molar-refractivity contribution in [2.45, 2.75) is 91.3 Å². The third-order valence-corrected chi connectivity index (χ3v) is 10.6. The number of nitrogens with zero attached hydrogens (tertiary/aromatic N) is 2. The minimum absolute atomic E-state index is 0.0105. The van der Waals surface area contributed by atoms with Crippen molar-refractivity contribution >= 4 is 5.78 Å². The van der Waals surface area contributed by atoms with Gasteiger partial charge in [0.15, 0.2) is 5.78 Å². The first-order valence-electron chi connectivity index (χ1n) is 12.6. The van der Waals surface area contributed by atoms with Crippen LogP contribution in [0.5, 0.6) is 0 Å².